The van der Waals surface area contributed by atoms with Crippen LogP contribution in [0, 0.1) is 0 Å². The summed E-state index contributed by atoms with van der Waals surface area (Å²) in [7, 11) is 1.45. The largest absolute Gasteiger partial charge is 0.480 e. The lowest BCUT2D eigenvalue weighted by Crippen LogP contribution is -2.33. The average Bonchev–Trinajstić information content (AvgIpc) is 2.29. The molecule has 0 atom stereocenters. The highest BCUT2D eigenvalue weighted by molar-refractivity contribution is 5.82. The number of likely N-dealkylation sites (N-methyl/N-ethyl adjacent to an activating group) is 1. The first kappa shape index (κ1) is 16.4. The van der Waals surface area contributed by atoms with E-state index < -0.39 is 5.97 Å². The summed E-state index contributed by atoms with van der Waals surface area (Å²) in [6, 6.07) is 0. The van der Waals surface area contributed by atoms with Gasteiger partial charge in [-0.05, 0) is 20.3 Å². The Bertz CT molecular complexity index is 300. The van der Waals surface area contributed by atoms with Gasteiger partial charge in [0.1, 0.15) is 6.54 Å². The highest BCUT2D eigenvalue weighted by Gasteiger charge is 2.14. The van der Waals surface area contributed by atoms with Crippen molar-refractivity contribution in [3.8, 4) is 0 Å². The summed E-state index contributed by atoms with van der Waals surface area (Å²) in [6.45, 7) is 4.85. The van der Waals surface area contributed by atoms with Crippen molar-refractivity contribution >= 4 is 17.8 Å². The third-order valence-corrected chi connectivity index (χ3v) is 2.70. The number of rotatable bonds is 8. The third-order valence-electron chi connectivity index (χ3n) is 2.70. The second-order valence-electron chi connectivity index (χ2n) is 4.06. The van der Waals surface area contributed by atoms with Gasteiger partial charge in [-0.15, -0.1) is 0 Å². The van der Waals surface area contributed by atoms with Crippen LogP contribution >= 0.6 is 0 Å². The molecule has 0 unspecified atom stereocenters. The van der Waals surface area contributed by atoms with Gasteiger partial charge in [-0.3, -0.25) is 14.4 Å². The second kappa shape index (κ2) is 8.49. The number of carbonyl (C=O) groups is 3. The maximum absolute atomic E-state index is 11.6. The molecule has 0 heterocycles. The van der Waals surface area contributed by atoms with Crippen molar-refractivity contribution in [1.82, 2.24) is 9.80 Å². The van der Waals surface area contributed by atoms with Crippen LogP contribution in [-0.4, -0.2) is 59.4 Å². The zero-order valence-electron chi connectivity index (χ0n) is 11.3. The Balaban J connectivity index is 3.93. The predicted molar refractivity (Wildman–Crippen MR) is 67.1 cm³/mol. The molecule has 0 saturated carbocycles. The number of hydrogen-bond donors (Lipinski definition) is 1. The molecule has 0 spiro atoms. The maximum Gasteiger partial charge on any atom is 0.323 e. The Morgan fingerprint density at radius 1 is 1.00 bits per heavy atom. The molecule has 0 aliphatic carbocycles. The minimum absolute atomic E-state index is 0.0358. The van der Waals surface area contributed by atoms with Crippen LogP contribution in [0.2, 0.25) is 0 Å². The Morgan fingerprint density at radius 2 is 1.50 bits per heavy atom. The van der Waals surface area contributed by atoms with E-state index >= 15 is 0 Å². The summed E-state index contributed by atoms with van der Waals surface area (Å²) in [6.07, 6.45) is 0.989. The molecule has 0 aromatic rings. The molecule has 0 aliphatic rings. The fraction of sp³-hybridized carbons (Fsp3) is 0.750. The molecule has 0 radical (unpaired) electrons. The minimum atomic E-state index is -1.04. The van der Waals surface area contributed by atoms with Crippen LogP contribution in [0.15, 0.2) is 0 Å². The lowest BCUT2D eigenvalue weighted by molar-refractivity contribution is -0.143. The summed E-state index contributed by atoms with van der Waals surface area (Å²) >= 11 is 0. The van der Waals surface area contributed by atoms with Crippen LogP contribution in [0.25, 0.3) is 0 Å². The van der Waals surface area contributed by atoms with E-state index in [4.69, 9.17) is 5.11 Å². The number of amides is 2. The van der Waals surface area contributed by atoms with Gasteiger partial charge in [0, 0.05) is 33.0 Å². The molecule has 0 aromatic carbocycles. The van der Waals surface area contributed by atoms with Gasteiger partial charge in [0.15, 0.2) is 0 Å². The fourth-order valence-corrected chi connectivity index (χ4v) is 1.61. The van der Waals surface area contributed by atoms with Crippen LogP contribution in [-0.2, 0) is 14.4 Å². The van der Waals surface area contributed by atoms with E-state index in [0.29, 0.717) is 25.9 Å². The first-order chi connectivity index (χ1) is 8.42. The van der Waals surface area contributed by atoms with Gasteiger partial charge >= 0.3 is 5.97 Å². The first-order valence-electron chi connectivity index (χ1n) is 6.15. The lowest BCUT2D eigenvalue weighted by atomic mass is 10.2. The second-order valence-corrected chi connectivity index (χ2v) is 4.06. The smallest absolute Gasteiger partial charge is 0.323 e. The maximum atomic E-state index is 11.6. The van der Waals surface area contributed by atoms with Crippen LogP contribution in [0.3, 0.4) is 0 Å². The molecule has 0 bridgehead atoms. The average molecular weight is 258 g/mol. The standard InChI is InChI=1S/C12H22N2O4/c1-4-14(5-2)11(16)8-6-7-10(15)13(3)9-12(17)18/h4-9H2,1-3H3,(H,17,18). The molecule has 6 heteroatoms. The van der Waals surface area contributed by atoms with Gasteiger partial charge in [0.25, 0.3) is 0 Å². The number of carboxylic acid groups (broad SMARTS) is 1. The van der Waals surface area contributed by atoms with Crippen LogP contribution in [0.5, 0.6) is 0 Å². The van der Waals surface area contributed by atoms with Crippen LogP contribution in [0.1, 0.15) is 33.1 Å². The number of aliphatic carboxylic acids is 1. The topological polar surface area (TPSA) is 77.9 Å². The van der Waals surface area contributed by atoms with Crippen LogP contribution < -0.4 is 0 Å². The van der Waals surface area contributed by atoms with E-state index in [1.54, 1.807) is 4.90 Å². The monoisotopic (exact) mass is 258 g/mol. The normalized spacial score (nSPS) is 9.94. The van der Waals surface area contributed by atoms with Crippen LogP contribution in [0.4, 0.5) is 0 Å². The molecule has 0 rings (SSSR count). The zero-order valence-corrected chi connectivity index (χ0v) is 11.3. The van der Waals surface area contributed by atoms with Crippen molar-refractivity contribution < 1.29 is 19.5 Å². The lowest BCUT2D eigenvalue weighted by Gasteiger charge is -2.19. The van der Waals surface area contributed by atoms with E-state index in [2.05, 4.69) is 0 Å². The number of carboxylic acids is 1. The fourth-order valence-electron chi connectivity index (χ4n) is 1.61. The molecule has 104 valence electrons. The SMILES string of the molecule is CCN(CC)C(=O)CCCC(=O)N(C)CC(=O)O. The highest BCUT2D eigenvalue weighted by atomic mass is 16.4. The Hall–Kier alpha value is -1.59. The van der Waals surface area contributed by atoms with Crippen molar-refractivity contribution in [2.45, 2.75) is 33.1 Å². The first-order valence-corrected chi connectivity index (χ1v) is 6.15. The zero-order chi connectivity index (χ0) is 14.1. The van der Waals surface area contributed by atoms with Gasteiger partial charge in [0.2, 0.25) is 11.8 Å². The van der Waals surface area contributed by atoms with Crippen molar-refractivity contribution in [3.63, 3.8) is 0 Å². The third kappa shape index (κ3) is 6.22. The molecule has 0 fully saturated rings. The quantitative estimate of drug-likeness (QED) is 0.690. The van der Waals surface area contributed by atoms with Crippen molar-refractivity contribution in [3.05, 3.63) is 0 Å². The number of carbonyl (C=O) groups excluding carboxylic acids is 2. The molecular formula is C12H22N2O4. The Labute approximate surface area is 108 Å². The van der Waals surface area contributed by atoms with Gasteiger partial charge in [-0.25, -0.2) is 0 Å². The van der Waals surface area contributed by atoms with Crippen molar-refractivity contribution in [1.29, 1.82) is 0 Å². The highest BCUT2D eigenvalue weighted by Crippen LogP contribution is 2.03. The van der Waals surface area contributed by atoms with Crippen molar-refractivity contribution in [2.75, 3.05) is 26.7 Å². The summed E-state index contributed by atoms with van der Waals surface area (Å²) in [5.41, 5.74) is 0. The number of nitrogens with zero attached hydrogens (tertiary/aromatic N) is 2. The van der Waals surface area contributed by atoms with E-state index in [0.717, 1.165) is 4.90 Å². The molecule has 6 nitrogen and oxygen atoms in total. The molecule has 2 amide bonds. The van der Waals surface area contributed by atoms with E-state index in [1.807, 2.05) is 13.8 Å². The molecule has 0 aliphatic heterocycles. The van der Waals surface area contributed by atoms with Crippen molar-refractivity contribution in [2.24, 2.45) is 0 Å². The summed E-state index contributed by atoms with van der Waals surface area (Å²) in [5.74, 6) is -1.25. The Morgan fingerprint density at radius 3 is 1.94 bits per heavy atom. The summed E-state index contributed by atoms with van der Waals surface area (Å²) < 4.78 is 0. The summed E-state index contributed by atoms with van der Waals surface area (Å²) in [4.78, 5) is 36.4. The van der Waals surface area contributed by atoms with E-state index in [9.17, 15) is 14.4 Å². The Kier molecular flexibility index (Phi) is 7.74. The number of hydrogen-bond acceptors (Lipinski definition) is 3. The molecule has 18 heavy (non-hydrogen) atoms. The molecule has 0 aromatic heterocycles. The molecule has 1 N–H and O–H groups in total. The van der Waals surface area contributed by atoms with Gasteiger partial charge in [-0.1, -0.05) is 0 Å². The summed E-state index contributed by atoms with van der Waals surface area (Å²) in [5, 5.41) is 8.53. The van der Waals surface area contributed by atoms with Gasteiger partial charge < -0.3 is 14.9 Å². The minimum Gasteiger partial charge on any atom is -0.480 e. The van der Waals surface area contributed by atoms with E-state index in [1.165, 1.54) is 7.05 Å². The predicted octanol–water partition coefficient (Wildman–Crippen LogP) is 0.568. The van der Waals surface area contributed by atoms with Gasteiger partial charge in [-0.2, -0.15) is 0 Å². The molecule has 0 saturated heterocycles. The molecular weight excluding hydrogens is 236 g/mol. The van der Waals surface area contributed by atoms with Gasteiger partial charge in [0.05, 0.1) is 0 Å². The van der Waals surface area contributed by atoms with E-state index in [-0.39, 0.29) is 24.8 Å².